The van der Waals surface area contributed by atoms with Gasteiger partial charge < -0.3 is 4.74 Å². The summed E-state index contributed by atoms with van der Waals surface area (Å²) in [5.74, 6) is 1.75. The zero-order valence-electron chi connectivity index (χ0n) is 11.4. The standard InChI is InChI=1S/C15H17ClN2O/c1-4-11-14(16)17-9-18-15(11)19-13-8-6-5-7-12(13)10(2)3/h5-10H,4H2,1-3H3. The van der Waals surface area contributed by atoms with Crippen LogP contribution in [0.3, 0.4) is 0 Å². The normalized spacial score (nSPS) is 10.8. The van der Waals surface area contributed by atoms with E-state index < -0.39 is 0 Å². The van der Waals surface area contributed by atoms with Crippen LogP contribution in [0.25, 0.3) is 0 Å². The van der Waals surface area contributed by atoms with Crippen LogP contribution in [0.15, 0.2) is 30.6 Å². The van der Waals surface area contributed by atoms with Gasteiger partial charge in [0.25, 0.3) is 0 Å². The first-order valence-corrected chi connectivity index (χ1v) is 6.77. The molecule has 1 aromatic heterocycles. The minimum absolute atomic E-state index is 0.388. The second kappa shape index (κ2) is 6.02. The monoisotopic (exact) mass is 276 g/mol. The predicted molar refractivity (Wildman–Crippen MR) is 77.0 cm³/mol. The van der Waals surface area contributed by atoms with Gasteiger partial charge in [0.1, 0.15) is 17.2 Å². The van der Waals surface area contributed by atoms with Gasteiger partial charge in [-0.1, -0.05) is 50.6 Å². The van der Waals surface area contributed by atoms with Crippen LogP contribution in [0, 0.1) is 0 Å². The molecule has 4 heteroatoms. The van der Waals surface area contributed by atoms with Gasteiger partial charge in [0.15, 0.2) is 0 Å². The number of rotatable bonds is 4. The number of nitrogens with zero attached hydrogens (tertiary/aromatic N) is 2. The van der Waals surface area contributed by atoms with Crippen LogP contribution in [0.5, 0.6) is 11.6 Å². The van der Waals surface area contributed by atoms with Gasteiger partial charge in [0, 0.05) is 0 Å². The zero-order valence-corrected chi connectivity index (χ0v) is 12.1. The highest BCUT2D eigenvalue weighted by atomic mass is 35.5. The lowest BCUT2D eigenvalue weighted by Crippen LogP contribution is -1.99. The number of halogens is 1. The predicted octanol–water partition coefficient (Wildman–Crippen LogP) is 4.61. The van der Waals surface area contributed by atoms with Crippen LogP contribution in [-0.4, -0.2) is 9.97 Å². The average molecular weight is 277 g/mol. The Morgan fingerprint density at radius 1 is 1.21 bits per heavy atom. The van der Waals surface area contributed by atoms with E-state index in [4.69, 9.17) is 16.3 Å². The van der Waals surface area contributed by atoms with Crippen LogP contribution in [0.2, 0.25) is 5.15 Å². The van der Waals surface area contributed by atoms with Crippen LogP contribution in [-0.2, 0) is 6.42 Å². The molecule has 0 aliphatic carbocycles. The van der Waals surface area contributed by atoms with Crippen molar-refractivity contribution >= 4 is 11.6 Å². The summed E-state index contributed by atoms with van der Waals surface area (Å²) in [5, 5.41) is 0.453. The summed E-state index contributed by atoms with van der Waals surface area (Å²) in [6.07, 6.45) is 2.16. The Kier molecular flexibility index (Phi) is 4.38. The van der Waals surface area contributed by atoms with Gasteiger partial charge in [0.05, 0.1) is 5.56 Å². The van der Waals surface area contributed by atoms with Gasteiger partial charge in [-0.2, -0.15) is 0 Å². The topological polar surface area (TPSA) is 35.0 Å². The van der Waals surface area contributed by atoms with Crippen molar-refractivity contribution in [1.82, 2.24) is 9.97 Å². The van der Waals surface area contributed by atoms with Gasteiger partial charge in [-0.05, 0) is 24.0 Å². The largest absolute Gasteiger partial charge is 0.438 e. The fourth-order valence-electron chi connectivity index (χ4n) is 1.92. The van der Waals surface area contributed by atoms with Gasteiger partial charge in [-0.3, -0.25) is 0 Å². The lowest BCUT2D eigenvalue weighted by molar-refractivity contribution is 0.447. The first-order valence-electron chi connectivity index (χ1n) is 6.39. The third-order valence-electron chi connectivity index (χ3n) is 2.95. The first-order chi connectivity index (χ1) is 9.13. The second-order valence-corrected chi connectivity index (χ2v) is 4.95. The van der Waals surface area contributed by atoms with Crippen molar-refractivity contribution in [2.24, 2.45) is 0 Å². The summed E-state index contributed by atoms with van der Waals surface area (Å²) in [5.41, 5.74) is 1.99. The maximum atomic E-state index is 6.07. The summed E-state index contributed by atoms with van der Waals surface area (Å²) in [6, 6.07) is 7.98. The Morgan fingerprint density at radius 2 is 1.95 bits per heavy atom. The molecule has 0 radical (unpaired) electrons. The van der Waals surface area contributed by atoms with Crippen molar-refractivity contribution < 1.29 is 4.74 Å². The van der Waals surface area contributed by atoms with Crippen LogP contribution in [0.1, 0.15) is 37.8 Å². The molecule has 0 bridgehead atoms. The molecule has 100 valence electrons. The molecule has 0 saturated carbocycles. The summed E-state index contributed by atoms with van der Waals surface area (Å²) >= 11 is 6.07. The lowest BCUT2D eigenvalue weighted by Gasteiger charge is -2.14. The fourth-order valence-corrected chi connectivity index (χ4v) is 2.17. The Balaban J connectivity index is 2.39. The smallest absolute Gasteiger partial charge is 0.227 e. The maximum absolute atomic E-state index is 6.07. The van der Waals surface area contributed by atoms with E-state index in [9.17, 15) is 0 Å². The molecule has 2 aromatic rings. The van der Waals surface area contributed by atoms with Gasteiger partial charge in [-0.25, -0.2) is 9.97 Å². The third-order valence-corrected chi connectivity index (χ3v) is 3.28. The number of aromatic nitrogens is 2. The van der Waals surface area contributed by atoms with Crippen molar-refractivity contribution in [1.29, 1.82) is 0 Å². The van der Waals surface area contributed by atoms with Gasteiger partial charge in [0.2, 0.25) is 5.88 Å². The molecule has 0 N–H and O–H groups in total. The first kappa shape index (κ1) is 13.8. The van der Waals surface area contributed by atoms with E-state index >= 15 is 0 Å². The number of hydrogen-bond donors (Lipinski definition) is 0. The molecule has 0 amide bonds. The van der Waals surface area contributed by atoms with E-state index in [1.54, 1.807) is 0 Å². The highest BCUT2D eigenvalue weighted by Gasteiger charge is 2.13. The van der Waals surface area contributed by atoms with Crippen LogP contribution in [0.4, 0.5) is 0 Å². The molecule has 19 heavy (non-hydrogen) atoms. The third kappa shape index (κ3) is 3.04. The molecule has 0 spiro atoms. The summed E-state index contributed by atoms with van der Waals surface area (Å²) < 4.78 is 5.94. The lowest BCUT2D eigenvalue weighted by atomic mass is 10.0. The number of ether oxygens (including phenoxy) is 1. The summed E-state index contributed by atoms with van der Waals surface area (Å²) in [7, 11) is 0. The average Bonchev–Trinajstić information content (AvgIpc) is 2.39. The number of hydrogen-bond acceptors (Lipinski definition) is 3. The van der Waals surface area contributed by atoms with E-state index in [1.165, 1.54) is 6.33 Å². The molecule has 3 nitrogen and oxygen atoms in total. The van der Waals surface area contributed by atoms with Gasteiger partial charge in [-0.15, -0.1) is 0 Å². The Hall–Kier alpha value is -1.61. The molecule has 0 aliphatic heterocycles. The molecular weight excluding hydrogens is 260 g/mol. The van der Waals surface area contributed by atoms with Crippen molar-refractivity contribution in [2.45, 2.75) is 33.1 Å². The molecule has 1 heterocycles. The van der Waals surface area contributed by atoms with E-state index in [0.717, 1.165) is 23.3 Å². The Bertz CT molecular complexity index is 570. The Morgan fingerprint density at radius 3 is 2.63 bits per heavy atom. The van der Waals surface area contributed by atoms with Crippen LogP contribution < -0.4 is 4.74 Å². The van der Waals surface area contributed by atoms with Crippen molar-refractivity contribution in [2.75, 3.05) is 0 Å². The summed E-state index contributed by atoms with van der Waals surface area (Å²) in [4.78, 5) is 8.17. The number of benzene rings is 1. The minimum atomic E-state index is 0.388. The molecular formula is C15H17ClN2O. The Labute approximate surface area is 118 Å². The molecule has 0 aliphatic rings. The molecule has 2 rings (SSSR count). The van der Waals surface area contributed by atoms with Crippen LogP contribution >= 0.6 is 11.6 Å². The number of para-hydroxylation sites is 1. The van der Waals surface area contributed by atoms with Crippen molar-refractivity contribution in [3.63, 3.8) is 0 Å². The van der Waals surface area contributed by atoms with Gasteiger partial charge >= 0.3 is 0 Å². The molecule has 0 atom stereocenters. The summed E-state index contributed by atoms with van der Waals surface area (Å²) in [6.45, 7) is 6.28. The second-order valence-electron chi connectivity index (χ2n) is 4.60. The maximum Gasteiger partial charge on any atom is 0.227 e. The van der Waals surface area contributed by atoms with E-state index in [2.05, 4.69) is 29.9 Å². The van der Waals surface area contributed by atoms with E-state index in [0.29, 0.717) is 17.0 Å². The quantitative estimate of drug-likeness (QED) is 0.765. The van der Waals surface area contributed by atoms with E-state index in [-0.39, 0.29) is 0 Å². The minimum Gasteiger partial charge on any atom is -0.438 e. The van der Waals surface area contributed by atoms with Crippen molar-refractivity contribution in [3.8, 4) is 11.6 Å². The highest BCUT2D eigenvalue weighted by Crippen LogP contribution is 2.32. The molecule has 0 unspecified atom stereocenters. The molecule has 0 fully saturated rings. The molecule has 1 aromatic carbocycles. The fraction of sp³-hybridized carbons (Fsp3) is 0.333. The van der Waals surface area contributed by atoms with Crippen molar-refractivity contribution in [3.05, 3.63) is 46.9 Å². The molecule has 0 saturated heterocycles. The zero-order chi connectivity index (χ0) is 13.8. The highest BCUT2D eigenvalue weighted by molar-refractivity contribution is 6.30. The van der Waals surface area contributed by atoms with E-state index in [1.807, 2.05) is 25.1 Å². The SMILES string of the molecule is CCc1c(Cl)ncnc1Oc1ccccc1C(C)C.